The first-order valence-corrected chi connectivity index (χ1v) is 12.0. The van der Waals surface area contributed by atoms with Crippen LogP contribution in [-0.4, -0.2) is 29.8 Å². The molecule has 0 saturated heterocycles. The minimum atomic E-state index is -0.403. The van der Waals surface area contributed by atoms with E-state index in [1.165, 1.54) is 16.0 Å². The lowest BCUT2D eigenvalue weighted by atomic mass is 10.1. The maximum absolute atomic E-state index is 10.5. The Morgan fingerprint density at radius 1 is 1.00 bits per heavy atom. The van der Waals surface area contributed by atoms with Gasteiger partial charge in [0.1, 0.15) is 0 Å². The van der Waals surface area contributed by atoms with Crippen LogP contribution in [0.3, 0.4) is 0 Å². The molecule has 172 valence electrons. The maximum Gasteiger partial charge on any atom is 0.248 e. The van der Waals surface area contributed by atoms with Gasteiger partial charge in [-0.3, -0.25) is 10.1 Å². The number of benzene rings is 2. The van der Waals surface area contributed by atoms with Gasteiger partial charge in [0.15, 0.2) is 0 Å². The highest BCUT2D eigenvalue weighted by molar-refractivity contribution is 7.10. The molecule has 0 fully saturated rings. The molecular weight excluding hydrogens is 418 g/mol. The molecule has 1 amide bonds. The monoisotopic (exact) mass is 453 g/mol. The number of nitrogens with two attached hydrogens (primary N) is 1. The van der Waals surface area contributed by atoms with Crippen molar-refractivity contribution in [3.63, 3.8) is 0 Å². The Morgan fingerprint density at radius 3 is 2.19 bits per heavy atom. The van der Waals surface area contributed by atoms with Crippen molar-refractivity contribution in [3.8, 4) is 0 Å². The summed E-state index contributed by atoms with van der Waals surface area (Å²) in [7, 11) is 0. The molecule has 3 rings (SSSR count). The average Bonchev–Trinajstić information content (AvgIpc) is 3.30. The summed E-state index contributed by atoms with van der Waals surface area (Å²) in [4.78, 5) is 11.8. The van der Waals surface area contributed by atoms with Crippen LogP contribution in [0.1, 0.15) is 46.6 Å². The first-order chi connectivity index (χ1) is 15.5. The molecule has 1 unspecified atom stereocenters. The van der Waals surface area contributed by atoms with Crippen LogP contribution in [0.15, 0.2) is 72.1 Å². The number of likely N-dealkylation sites (N-methyl/N-ethyl adjacent to an activating group) is 1. The fourth-order valence-electron chi connectivity index (χ4n) is 3.22. The highest BCUT2D eigenvalue weighted by atomic mass is 32.1. The Kier molecular flexibility index (Phi) is 11.7. The lowest BCUT2D eigenvalue weighted by Crippen LogP contribution is -2.50. The predicted molar refractivity (Wildman–Crippen MR) is 134 cm³/mol. The van der Waals surface area contributed by atoms with E-state index in [1.807, 2.05) is 35.6 Å². The van der Waals surface area contributed by atoms with Crippen LogP contribution in [0, 0.1) is 0 Å². The summed E-state index contributed by atoms with van der Waals surface area (Å²) in [6.45, 7) is 5.87. The fourth-order valence-corrected chi connectivity index (χ4v) is 4.06. The van der Waals surface area contributed by atoms with Gasteiger partial charge in [-0.2, -0.15) is 0 Å². The van der Waals surface area contributed by atoms with E-state index in [-0.39, 0.29) is 12.1 Å². The van der Waals surface area contributed by atoms with Crippen molar-refractivity contribution in [2.45, 2.75) is 51.9 Å². The van der Waals surface area contributed by atoms with Gasteiger partial charge in [-0.05, 0) is 60.5 Å². The highest BCUT2D eigenvalue weighted by Crippen LogP contribution is 2.15. The average molecular weight is 454 g/mol. The Balaban J connectivity index is 0.000000336. The van der Waals surface area contributed by atoms with Crippen molar-refractivity contribution < 1.29 is 9.90 Å². The predicted octanol–water partition coefficient (Wildman–Crippen LogP) is 4.11. The number of amides is 1. The van der Waals surface area contributed by atoms with Crippen LogP contribution < -0.4 is 16.4 Å². The summed E-state index contributed by atoms with van der Waals surface area (Å²) in [5, 5.41) is 19.5. The summed E-state index contributed by atoms with van der Waals surface area (Å²) in [5.41, 5.74) is 8.09. The number of primary amides is 1. The lowest BCUT2D eigenvalue weighted by Gasteiger charge is -2.25. The number of aliphatic hydroxyl groups is 1. The summed E-state index contributed by atoms with van der Waals surface area (Å²) < 4.78 is 0. The van der Waals surface area contributed by atoms with Gasteiger partial charge in [-0.1, -0.05) is 62.4 Å². The molecule has 0 spiro atoms. The van der Waals surface area contributed by atoms with E-state index in [0.29, 0.717) is 5.56 Å². The fraction of sp³-hybridized carbons (Fsp3) is 0.346. The molecule has 0 bridgehead atoms. The molecule has 2 atom stereocenters. The molecule has 6 heteroatoms. The van der Waals surface area contributed by atoms with Crippen LogP contribution in [0.4, 0.5) is 0 Å². The normalized spacial score (nSPS) is 12.5. The summed E-state index contributed by atoms with van der Waals surface area (Å²) in [6.07, 6.45) is 2.25. The van der Waals surface area contributed by atoms with Gasteiger partial charge >= 0.3 is 0 Å². The van der Waals surface area contributed by atoms with E-state index in [4.69, 9.17) is 5.73 Å². The second kappa shape index (κ2) is 14.5. The van der Waals surface area contributed by atoms with Crippen molar-refractivity contribution in [1.29, 1.82) is 0 Å². The Labute approximate surface area is 195 Å². The lowest BCUT2D eigenvalue weighted by molar-refractivity contribution is 0.0999. The number of carbonyl (C=O) groups is 1. The van der Waals surface area contributed by atoms with Gasteiger partial charge in [0.05, 0.1) is 12.3 Å². The zero-order chi connectivity index (χ0) is 23.2. The third-order valence-corrected chi connectivity index (χ3v) is 6.15. The van der Waals surface area contributed by atoms with Crippen LogP contribution in [0.2, 0.25) is 0 Å². The molecule has 3 aromatic rings. The van der Waals surface area contributed by atoms with Crippen molar-refractivity contribution in [2.75, 3.05) is 6.54 Å². The van der Waals surface area contributed by atoms with Gasteiger partial charge in [-0.15, -0.1) is 11.3 Å². The molecule has 0 aliphatic rings. The number of nitrogens with one attached hydrogen (secondary N) is 2. The summed E-state index contributed by atoms with van der Waals surface area (Å²) in [5.74, 6) is -0.379. The number of hydrogen-bond acceptors (Lipinski definition) is 5. The number of rotatable bonds is 11. The zero-order valence-electron chi connectivity index (χ0n) is 19.0. The van der Waals surface area contributed by atoms with Crippen LogP contribution in [0.5, 0.6) is 0 Å². The van der Waals surface area contributed by atoms with E-state index in [9.17, 15) is 9.90 Å². The number of thiophene rings is 1. The molecule has 0 saturated carbocycles. The van der Waals surface area contributed by atoms with Gasteiger partial charge in [0.25, 0.3) is 0 Å². The van der Waals surface area contributed by atoms with Crippen LogP contribution >= 0.6 is 11.3 Å². The largest absolute Gasteiger partial charge is 0.390 e. The number of aryl methyl sites for hydroxylation is 2. The molecule has 32 heavy (non-hydrogen) atoms. The molecule has 0 radical (unpaired) electrons. The molecule has 2 aromatic carbocycles. The quantitative estimate of drug-likeness (QED) is 0.329. The van der Waals surface area contributed by atoms with E-state index in [1.54, 1.807) is 24.3 Å². The molecule has 1 heterocycles. The molecule has 0 aliphatic heterocycles. The number of hydrogen-bond donors (Lipinski definition) is 4. The van der Waals surface area contributed by atoms with Crippen molar-refractivity contribution in [1.82, 2.24) is 10.6 Å². The minimum Gasteiger partial charge on any atom is -0.390 e. The van der Waals surface area contributed by atoms with Gasteiger partial charge in [0.2, 0.25) is 5.91 Å². The second-order valence-corrected chi connectivity index (χ2v) is 8.51. The second-order valence-electron chi connectivity index (χ2n) is 7.51. The van der Waals surface area contributed by atoms with E-state index in [2.05, 4.69) is 48.1 Å². The van der Waals surface area contributed by atoms with E-state index < -0.39 is 6.10 Å². The third kappa shape index (κ3) is 9.32. The maximum atomic E-state index is 10.5. The van der Waals surface area contributed by atoms with Crippen LogP contribution in [0.25, 0.3) is 0 Å². The molecule has 5 nitrogen and oxygen atoms in total. The Bertz CT molecular complexity index is 900. The van der Waals surface area contributed by atoms with E-state index >= 15 is 0 Å². The first kappa shape index (κ1) is 25.7. The topological polar surface area (TPSA) is 87.4 Å². The summed E-state index contributed by atoms with van der Waals surface area (Å²) in [6, 6.07) is 21.3. The first-order valence-electron chi connectivity index (χ1n) is 11.1. The number of aliphatic hydroxyl groups excluding tert-OH is 1. The standard InChI is InChI=1S/C19H28N2OS.C7H7NO/c1-3-17-12-16(14-23-17)13-21-19(20-4-2)18(22)11-10-15-8-6-5-7-9-15;8-7(9)6-4-2-1-3-5-6/h5-9,12,14,18-22H,3-4,10-11,13H2,1-2H3;1-5H,(H2,8,9)/t18-,19?;/m1./s1. The third-order valence-electron chi connectivity index (χ3n) is 5.02. The Morgan fingerprint density at radius 2 is 1.66 bits per heavy atom. The highest BCUT2D eigenvalue weighted by Gasteiger charge is 2.17. The molecular formula is C26H35N3O2S. The van der Waals surface area contributed by atoms with E-state index in [0.717, 1.165) is 32.4 Å². The van der Waals surface area contributed by atoms with Crippen molar-refractivity contribution >= 4 is 17.2 Å². The molecule has 0 aliphatic carbocycles. The zero-order valence-corrected chi connectivity index (χ0v) is 19.8. The van der Waals surface area contributed by atoms with Gasteiger partial charge in [0, 0.05) is 17.0 Å². The van der Waals surface area contributed by atoms with Crippen LogP contribution in [-0.2, 0) is 19.4 Å². The molecule has 5 N–H and O–H groups in total. The molecule has 1 aromatic heterocycles. The van der Waals surface area contributed by atoms with Crippen molar-refractivity contribution in [2.24, 2.45) is 5.73 Å². The SMILES string of the molecule is CCNC(NCc1csc(CC)c1)[C@H](O)CCc1ccccc1.NC(=O)c1ccccc1. The smallest absolute Gasteiger partial charge is 0.248 e. The van der Waals surface area contributed by atoms with Crippen molar-refractivity contribution in [3.05, 3.63) is 93.7 Å². The van der Waals surface area contributed by atoms with Gasteiger partial charge in [-0.25, -0.2) is 0 Å². The number of carbonyl (C=O) groups excluding carboxylic acids is 1. The Hall–Kier alpha value is -2.51. The van der Waals surface area contributed by atoms with Gasteiger partial charge < -0.3 is 16.2 Å². The summed E-state index contributed by atoms with van der Waals surface area (Å²) >= 11 is 1.81. The minimum absolute atomic E-state index is 0.0753.